The lowest BCUT2D eigenvalue weighted by Gasteiger charge is -2.20. The first kappa shape index (κ1) is 14.2. The van der Waals surface area contributed by atoms with E-state index in [9.17, 15) is 9.18 Å². The Kier molecular flexibility index (Phi) is 4.43. The third-order valence-electron chi connectivity index (χ3n) is 2.22. The fourth-order valence-corrected chi connectivity index (χ4v) is 1.48. The molecule has 18 heavy (non-hydrogen) atoms. The van der Waals surface area contributed by atoms with Crippen molar-refractivity contribution in [3.05, 3.63) is 35.6 Å². The van der Waals surface area contributed by atoms with E-state index in [1.807, 2.05) is 6.07 Å². The summed E-state index contributed by atoms with van der Waals surface area (Å²) in [5.41, 5.74) is 0.0460. The highest BCUT2D eigenvalue weighted by atomic mass is 19.1. The number of halogens is 1. The summed E-state index contributed by atoms with van der Waals surface area (Å²) in [6, 6.07) is 7.59. The van der Waals surface area contributed by atoms with Gasteiger partial charge in [0.1, 0.15) is 11.4 Å². The SMILES string of the molecule is CC(C)(C)OC(=O)C[C@@H](C#N)c1ccc(F)cc1. The molecular formula is C14H16FNO2. The van der Waals surface area contributed by atoms with Crippen LogP contribution in [0.2, 0.25) is 0 Å². The predicted molar refractivity (Wildman–Crippen MR) is 65.2 cm³/mol. The summed E-state index contributed by atoms with van der Waals surface area (Å²) in [5, 5.41) is 9.04. The summed E-state index contributed by atoms with van der Waals surface area (Å²) >= 11 is 0. The Hall–Kier alpha value is -1.89. The van der Waals surface area contributed by atoms with Crippen molar-refractivity contribution in [2.75, 3.05) is 0 Å². The molecule has 0 spiro atoms. The Morgan fingerprint density at radius 2 is 1.94 bits per heavy atom. The van der Waals surface area contributed by atoms with Gasteiger partial charge in [-0.15, -0.1) is 0 Å². The average Bonchev–Trinajstić information content (AvgIpc) is 2.25. The van der Waals surface area contributed by atoms with E-state index in [1.165, 1.54) is 24.3 Å². The number of carbonyl (C=O) groups excluding carboxylic acids is 1. The molecule has 0 saturated carbocycles. The van der Waals surface area contributed by atoms with Crippen LogP contribution >= 0.6 is 0 Å². The molecule has 0 amide bonds. The van der Waals surface area contributed by atoms with Crippen LogP contribution in [0.25, 0.3) is 0 Å². The van der Waals surface area contributed by atoms with Crippen LogP contribution in [0.4, 0.5) is 4.39 Å². The molecule has 0 heterocycles. The van der Waals surface area contributed by atoms with Gasteiger partial charge in [-0.3, -0.25) is 4.79 Å². The molecule has 1 aromatic carbocycles. The summed E-state index contributed by atoms with van der Waals surface area (Å²) in [6.07, 6.45) is -0.0284. The Morgan fingerprint density at radius 3 is 2.39 bits per heavy atom. The van der Waals surface area contributed by atoms with Crippen LogP contribution in [0, 0.1) is 17.1 Å². The fraction of sp³-hybridized carbons (Fsp3) is 0.429. The fourth-order valence-electron chi connectivity index (χ4n) is 1.48. The van der Waals surface area contributed by atoms with Gasteiger partial charge in [0, 0.05) is 0 Å². The zero-order valence-corrected chi connectivity index (χ0v) is 10.7. The van der Waals surface area contributed by atoms with E-state index in [0.717, 1.165) is 0 Å². The molecule has 4 heteroatoms. The first-order valence-electron chi connectivity index (χ1n) is 5.69. The van der Waals surface area contributed by atoms with E-state index in [-0.39, 0.29) is 12.2 Å². The van der Waals surface area contributed by atoms with Gasteiger partial charge >= 0.3 is 5.97 Å². The molecule has 0 aliphatic rings. The molecule has 0 unspecified atom stereocenters. The monoisotopic (exact) mass is 249 g/mol. The maximum atomic E-state index is 12.8. The molecule has 0 saturated heterocycles. The lowest BCUT2D eigenvalue weighted by atomic mass is 9.97. The molecule has 0 aliphatic heterocycles. The summed E-state index contributed by atoms with van der Waals surface area (Å²) in [7, 11) is 0. The standard InChI is InChI=1S/C14H16FNO2/c1-14(2,3)18-13(17)8-11(9-16)10-4-6-12(15)7-5-10/h4-7,11H,8H2,1-3H3/t11-/m0/s1. The highest BCUT2D eigenvalue weighted by molar-refractivity contribution is 5.71. The van der Waals surface area contributed by atoms with Crippen molar-refractivity contribution in [2.24, 2.45) is 0 Å². The lowest BCUT2D eigenvalue weighted by molar-refractivity contribution is -0.154. The Balaban J connectivity index is 2.72. The van der Waals surface area contributed by atoms with Crippen LogP contribution < -0.4 is 0 Å². The highest BCUT2D eigenvalue weighted by Gasteiger charge is 2.21. The average molecular weight is 249 g/mol. The smallest absolute Gasteiger partial charge is 0.307 e. The Bertz CT molecular complexity index is 454. The second-order valence-corrected chi connectivity index (χ2v) is 5.02. The number of rotatable bonds is 3. The zero-order chi connectivity index (χ0) is 13.8. The molecule has 1 rings (SSSR count). The quantitative estimate of drug-likeness (QED) is 0.773. The number of hydrogen-bond acceptors (Lipinski definition) is 3. The van der Waals surface area contributed by atoms with E-state index < -0.39 is 17.5 Å². The summed E-state index contributed by atoms with van der Waals surface area (Å²) in [6.45, 7) is 5.30. The molecule has 0 N–H and O–H groups in total. The molecule has 0 aromatic heterocycles. The van der Waals surface area contributed by atoms with Crippen molar-refractivity contribution < 1.29 is 13.9 Å². The highest BCUT2D eigenvalue weighted by Crippen LogP contribution is 2.21. The van der Waals surface area contributed by atoms with Crippen LogP contribution in [-0.2, 0) is 9.53 Å². The van der Waals surface area contributed by atoms with Crippen LogP contribution in [0.3, 0.4) is 0 Å². The van der Waals surface area contributed by atoms with Crippen molar-refractivity contribution in [1.82, 2.24) is 0 Å². The van der Waals surface area contributed by atoms with E-state index >= 15 is 0 Å². The molecule has 96 valence electrons. The molecule has 0 fully saturated rings. The maximum Gasteiger partial charge on any atom is 0.307 e. The normalized spacial score (nSPS) is 12.6. The number of benzene rings is 1. The summed E-state index contributed by atoms with van der Waals surface area (Å²) < 4.78 is 17.9. The number of esters is 1. The van der Waals surface area contributed by atoms with Gasteiger partial charge in [0.15, 0.2) is 0 Å². The predicted octanol–water partition coefficient (Wildman–Crippen LogP) is 3.16. The molecule has 0 aliphatic carbocycles. The van der Waals surface area contributed by atoms with E-state index in [4.69, 9.17) is 10.00 Å². The molecule has 0 radical (unpaired) electrons. The van der Waals surface area contributed by atoms with E-state index in [1.54, 1.807) is 20.8 Å². The minimum Gasteiger partial charge on any atom is -0.460 e. The molecule has 1 aromatic rings. The first-order chi connectivity index (χ1) is 8.31. The Labute approximate surface area is 106 Å². The van der Waals surface area contributed by atoms with Crippen LogP contribution in [0.15, 0.2) is 24.3 Å². The van der Waals surface area contributed by atoms with Crippen molar-refractivity contribution in [1.29, 1.82) is 5.26 Å². The minimum absolute atomic E-state index is 0.0284. The van der Waals surface area contributed by atoms with Crippen molar-refractivity contribution in [3.63, 3.8) is 0 Å². The van der Waals surface area contributed by atoms with Gasteiger partial charge in [-0.25, -0.2) is 4.39 Å². The van der Waals surface area contributed by atoms with E-state index in [0.29, 0.717) is 5.56 Å². The first-order valence-corrected chi connectivity index (χ1v) is 5.69. The van der Waals surface area contributed by atoms with Crippen molar-refractivity contribution in [2.45, 2.75) is 38.7 Å². The number of nitrogens with zero attached hydrogens (tertiary/aromatic N) is 1. The number of carbonyl (C=O) groups is 1. The van der Waals surface area contributed by atoms with Crippen LogP contribution in [0.1, 0.15) is 38.7 Å². The topological polar surface area (TPSA) is 50.1 Å². The number of nitriles is 1. The minimum atomic E-state index is -0.611. The van der Waals surface area contributed by atoms with Gasteiger partial charge in [-0.2, -0.15) is 5.26 Å². The molecular weight excluding hydrogens is 233 g/mol. The van der Waals surface area contributed by atoms with Crippen molar-refractivity contribution >= 4 is 5.97 Å². The number of ether oxygens (including phenoxy) is 1. The molecule has 3 nitrogen and oxygen atoms in total. The third-order valence-corrected chi connectivity index (χ3v) is 2.22. The second-order valence-electron chi connectivity index (χ2n) is 5.02. The van der Waals surface area contributed by atoms with Gasteiger partial charge in [0.25, 0.3) is 0 Å². The third kappa shape index (κ3) is 4.54. The van der Waals surface area contributed by atoms with Crippen LogP contribution in [0.5, 0.6) is 0 Å². The van der Waals surface area contributed by atoms with Gasteiger partial charge in [-0.05, 0) is 38.5 Å². The largest absolute Gasteiger partial charge is 0.460 e. The summed E-state index contributed by atoms with van der Waals surface area (Å²) in [4.78, 5) is 11.6. The van der Waals surface area contributed by atoms with E-state index in [2.05, 4.69) is 0 Å². The lowest BCUT2D eigenvalue weighted by Crippen LogP contribution is -2.24. The molecule has 1 atom stereocenters. The van der Waals surface area contributed by atoms with Crippen molar-refractivity contribution in [3.8, 4) is 6.07 Å². The van der Waals surface area contributed by atoms with Crippen LogP contribution in [-0.4, -0.2) is 11.6 Å². The zero-order valence-electron chi connectivity index (χ0n) is 10.7. The maximum absolute atomic E-state index is 12.8. The second kappa shape index (κ2) is 5.63. The van der Waals surface area contributed by atoms with Gasteiger partial charge < -0.3 is 4.74 Å². The summed E-state index contributed by atoms with van der Waals surface area (Å²) in [5.74, 6) is -1.41. The van der Waals surface area contributed by atoms with Gasteiger partial charge in [-0.1, -0.05) is 12.1 Å². The molecule has 0 bridgehead atoms. The Morgan fingerprint density at radius 1 is 1.39 bits per heavy atom. The van der Waals surface area contributed by atoms with Gasteiger partial charge in [0.05, 0.1) is 18.4 Å². The number of hydrogen-bond donors (Lipinski definition) is 0. The van der Waals surface area contributed by atoms with Gasteiger partial charge in [0.2, 0.25) is 0 Å².